The predicted octanol–water partition coefficient (Wildman–Crippen LogP) is 4.28. The van der Waals surface area contributed by atoms with E-state index in [0.717, 1.165) is 16.9 Å². The summed E-state index contributed by atoms with van der Waals surface area (Å²) in [7, 11) is 1.54. The van der Waals surface area contributed by atoms with Crippen molar-refractivity contribution in [1.82, 2.24) is 5.43 Å². The van der Waals surface area contributed by atoms with Gasteiger partial charge in [-0.25, -0.2) is 5.43 Å². The summed E-state index contributed by atoms with van der Waals surface area (Å²) >= 11 is 6.32. The number of para-hydroxylation sites is 1. The van der Waals surface area contributed by atoms with Crippen LogP contribution in [0.4, 0.5) is 0 Å². The van der Waals surface area contributed by atoms with Gasteiger partial charge in [0.15, 0.2) is 11.5 Å². The Hall–Kier alpha value is -2.73. The Kier molecular flexibility index (Phi) is 8.14. The number of hydrazone groups is 1. The van der Waals surface area contributed by atoms with Crippen LogP contribution in [0.2, 0.25) is 5.02 Å². The molecule has 0 aliphatic rings. The van der Waals surface area contributed by atoms with Crippen LogP contribution in [0.25, 0.3) is 0 Å². The summed E-state index contributed by atoms with van der Waals surface area (Å²) in [6, 6.07) is 9.50. The fraction of sp³-hybridized carbons (Fsp3) is 0.333. The largest absolute Gasteiger partial charge is 0.493 e. The predicted molar refractivity (Wildman–Crippen MR) is 111 cm³/mol. The highest BCUT2D eigenvalue weighted by atomic mass is 35.5. The van der Waals surface area contributed by atoms with E-state index in [1.165, 1.54) is 20.2 Å². The third-order valence-corrected chi connectivity index (χ3v) is 4.16. The molecule has 0 radical (unpaired) electrons. The molecule has 0 aromatic heterocycles. The molecule has 1 amide bonds. The van der Waals surface area contributed by atoms with Gasteiger partial charge in [0.2, 0.25) is 5.91 Å². The first-order valence-corrected chi connectivity index (χ1v) is 9.29. The molecule has 1 N–H and O–H groups in total. The van der Waals surface area contributed by atoms with Crippen LogP contribution in [0.3, 0.4) is 0 Å². The van der Waals surface area contributed by atoms with E-state index in [0.29, 0.717) is 41.7 Å². The van der Waals surface area contributed by atoms with E-state index in [1.54, 1.807) is 12.1 Å². The lowest BCUT2D eigenvalue weighted by molar-refractivity contribution is -0.118. The van der Waals surface area contributed by atoms with Crippen LogP contribution in [0.15, 0.2) is 35.4 Å². The van der Waals surface area contributed by atoms with Gasteiger partial charge in [-0.3, -0.25) is 4.79 Å². The monoisotopic (exact) mass is 404 g/mol. The number of carbonyl (C=O) groups excluding carboxylic acids is 1. The maximum absolute atomic E-state index is 10.9. The average molecular weight is 405 g/mol. The topological polar surface area (TPSA) is 69.2 Å². The molecule has 0 bridgehead atoms. The number of hydrogen-bond donors (Lipinski definition) is 1. The smallest absolute Gasteiger partial charge is 0.236 e. The summed E-state index contributed by atoms with van der Waals surface area (Å²) in [6.45, 7) is 6.40. The van der Waals surface area contributed by atoms with E-state index < -0.39 is 0 Å². The molecule has 2 rings (SSSR count). The lowest BCUT2D eigenvalue weighted by Gasteiger charge is -2.14. The van der Waals surface area contributed by atoms with Crippen LogP contribution in [-0.4, -0.2) is 32.4 Å². The number of halogens is 1. The zero-order chi connectivity index (χ0) is 20.5. The third-order valence-electron chi connectivity index (χ3n) is 3.88. The minimum Gasteiger partial charge on any atom is -0.493 e. The van der Waals surface area contributed by atoms with E-state index >= 15 is 0 Å². The van der Waals surface area contributed by atoms with Gasteiger partial charge < -0.3 is 14.2 Å². The van der Waals surface area contributed by atoms with Gasteiger partial charge in [0.25, 0.3) is 0 Å². The normalized spacial score (nSPS) is 10.8. The first-order chi connectivity index (χ1) is 13.4. The number of benzene rings is 2. The highest BCUT2D eigenvalue weighted by Gasteiger charge is 2.12. The quantitative estimate of drug-likeness (QED) is 0.384. The highest BCUT2D eigenvalue weighted by Crippen LogP contribution is 2.36. The number of nitrogens with one attached hydrogen (secondary N) is 1. The second kappa shape index (κ2) is 10.6. The second-order valence-electron chi connectivity index (χ2n) is 6.23. The minimum absolute atomic E-state index is 0.252. The van der Waals surface area contributed by atoms with E-state index in [2.05, 4.69) is 10.5 Å². The summed E-state index contributed by atoms with van der Waals surface area (Å²) in [5.41, 5.74) is 5.24. The van der Waals surface area contributed by atoms with Gasteiger partial charge in [-0.15, -0.1) is 0 Å². The molecular weight excluding hydrogens is 380 g/mol. The number of methoxy groups -OCH3 is 1. The minimum atomic E-state index is -0.252. The molecule has 0 saturated heterocycles. The van der Waals surface area contributed by atoms with E-state index in [-0.39, 0.29) is 5.91 Å². The van der Waals surface area contributed by atoms with Crippen molar-refractivity contribution in [2.24, 2.45) is 5.10 Å². The molecule has 150 valence electrons. The van der Waals surface area contributed by atoms with Crippen LogP contribution < -0.4 is 19.6 Å². The first kappa shape index (κ1) is 21.6. The molecule has 0 aliphatic heterocycles. The van der Waals surface area contributed by atoms with E-state index in [1.807, 2.05) is 32.0 Å². The summed E-state index contributed by atoms with van der Waals surface area (Å²) in [5.74, 6) is 1.62. The van der Waals surface area contributed by atoms with Crippen LogP contribution in [0.1, 0.15) is 30.0 Å². The zero-order valence-electron chi connectivity index (χ0n) is 16.5. The number of carbonyl (C=O) groups is 1. The van der Waals surface area contributed by atoms with E-state index in [4.69, 9.17) is 25.8 Å². The molecule has 0 aliphatic carbocycles. The van der Waals surface area contributed by atoms with Gasteiger partial charge in [0, 0.05) is 13.3 Å². The molecule has 0 unspecified atom stereocenters. The Labute approximate surface area is 170 Å². The summed E-state index contributed by atoms with van der Waals surface area (Å²) < 4.78 is 17.0. The Bertz CT molecular complexity index is 832. The summed E-state index contributed by atoms with van der Waals surface area (Å²) in [5, 5.41) is 4.22. The molecule has 7 heteroatoms. The standard InChI is InChI=1S/C21H25ClN2O4/c1-14-7-5-8-15(2)20(14)27-9-6-10-28-21-18(22)11-17(12-19(21)26-4)13-23-24-16(3)25/h5,7-8,11-13H,6,9-10H2,1-4H3,(H,24,25). The van der Waals surface area contributed by atoms with Crippen LogP contribution in [0.5, 0.6) is 17.2 Å². The van der Waals surface area contributed by atoms with Crippen molar-refractivity contribution in [3.8, 4) is 17.2 Å². The van der Waals surface area contributed by atoms with Gasteiger partial charge in [-0.05, 0) is 42.7 Å². The fourth-order valence-electron chi connectivity index (χ4n) is 2.59. The van der Waals surface area contributed by atoms with Crippen molar-refractivity contribution in [2.75, 3.05) is 20.3 Å². The Morgan fingerprint density at radius 3 is 2.39 bits per heavy atom. The van der Waals surface area contributed by atoms with Crippen LogP contribution in [-0.2, 0) is 4.79 Å². The van der Waals surface area contributed by atoms with Crippen LogP contribution in [0, 0.1) is 13.8 Å². The molecule has 2 aromatic rings. The molecular formula is C21H25ClN2O4. The highest BCUT2D eigenvalue weighted by molar-refractivity contribution is 6.32. The molecule has 0 fully saturated rings. The summed E-state index contributed by atoms with van der Waals surface area (Å²) in [6.07, 6.45) is 2.18. The van der Waals surface area contributed by atoms with Crippen LogP contribution >= 0.6 is 11.6 Å². The number of nitrogens with zero attached hydrogens (tertiary/aromatic N) is 1. The van der Waals surface area contributed by atoms with E-state index in [9.17, 15) is 4.79 Å². The van der Waals surface area contributed by atoms with Gasteiger partial charge in [0.05, 0.1) is 31.6 Å². The fourth-order valence-corrected chi connectivity index (χ4v) is 2.86. The van der Waals surface area contributed by atoms with Gasteiger partial charge in [-0.2, -0.15) is 5.10 Å². The third kappa shape index (κ3) is 6.16. The molecule has 2 aromatic carbocycles. The average Bonchev–Trinajstić information content (AvgIpc) is 2.64. The number of ether oxygens (including phenoxy) is 3. The van der Waals surface area contributed by atoms with Crippen molar-refractivity contribution in [2.45, 2.75) is 27.2 Å². The molecule has 0 spiro atoms. The van der Waals surface area contributed by atoms with Crippen molar-refractivity contribution in [3.63, 3.8) is 0 Å². The maximum atomic E-state index is 10.9. The molecule has 6 nitrogen and oxygen atoms in total. The van der Waals surface area contributed by atoms with Crippen molar-refractivity contribution in [1.29, 1.82) is 0 Å². The summed E-state index contributed by atoms with van der Waals surface area (Å²) in [4.78, 5) is 10.9. The van der Waals surface area contributed by atoms with Crippen molar-refractivity contribution < 1.29 is 19.0 Å². The Morgan fingerprint density at radius 2 is 1.79 bits per heavy atom. The van der Waals surface area contributed by atoms with Gasteiger partial charge >= 0.3 is 0 Å². The Morgan fingerprint density at radius 1 is 1.14 bits per heavy atom. The van der Waals surface area contributed by atoms with Crippen molar-refractivity contribution >= 4 is 23.7 Å². The van der Waals surface area contributed by atoms with Gasteiger partial charge in [-0.1, -0.05) is 29.8 Å². The Balaban J connectivity index is 1.92. The first-order valence-electron chi connectivity index (χ1n) is 8.91. The number of aryl methyl sites for hydroxylation is 2. The van der Waals surface area contributed by atoms with Gasteiger partial charge in [0.1, 0.15) is 5.75 Å². The van der Waals surface area contributed by atoms with Crippen molar-refractivity contribution in [3.05, 3.63) is 52.0 Å². The second-order valence-corrected chi connectivity index (χ2v) is 6.64. The lowest BCUT2D eigenvalue weighted by atomic mass is 10.1. The number of hydrogen-bond acceptors (Lipinski definition) is 5. The molecule has 0 atom stereocenters. The zero-order valence-corrected chi connectivity index (χ0v) is 17.3. The maximum Gasteiger partial charge on any atom is 0.236 e. The molecule has 28 heavy (non-hydrogen) atoms. The SMILES string of the molecule is COc1cc(C=NNC(C)=O)cc(Cl)c1OCCCOc1c(C)cccc1C. The molecule has 0 saturated carbocycles. The number of amides is 1. The molecule has 0 heterocycles. The number of rotatable bonds is 9. The lowest BCUT2D eigenvalue weighted by Crippen LogP contribution is -2.12.